The van der Waals surface area contributed by atoms with E-state index in [0.29, 0.717) is 17.5 Å². The number of ether oxygens (including phenoxy) is 3. The highest BCUT2D eigenvalue weighted by Gasteiger charge is 2.46. The smallest absolute Gasteiger partial charge is 0.416 e. The highest BCUT2D eigenvalue weighted by atomic mass is 19.4. The lowest BCUT2D eigenvalue weighted by atomic mass is 9.93. The minimum absolute atomic E-state index is 0.0550. The molecule has 0 unspecified atom stereocenters. The Bertz CT molecular complexity index is 986. The van der Waals surface area contributed by atoms with E-state index >= 15 is 0 Å². The van der Waals surface area contributed by atoms with Crippen LogP contribution >= 0.6 is 0 Å². The topological polar surface area (TPSA) is 85.2 Å². The zero-order valence-corrected chi connectivity index (χ0v) is 16.6. The van der Waals surface area contributed by atoms with Gasteiger partial charge in [0.15, 0.2) is 11.5 Å². The molecule has 31 heavy (non-hydrogen) atoms. The van der Waals surface area contributed by atoms with Gasteiger partial charge in [0, 0.05) is 12.0 Å². The number of esters is 1. The summed E-state index contributed by atoms with van der Waals surface area (Å²) in [6.45, 7) is 1.78. The summed E-state index contributed by atoms with van der Waals surface area (Å²) >= 11 is 0. The summed E-state index contributed by atoms with van der Waals surface area (Å²) in [5.41, 5.74) is -0.117. The Hall–Kier alpha value is -2.94. The lowest BCUT2D eigenvalue weighted by molar-refractivity contribution is -0.137. The van der Waals surface area contributed by atoms with Crippen LogP contribution in [0, 0.1) is 0 Å². The van der Waals surface area contributed by atoms with Gasteiger partial charge in [-0.05, 0) is 30.2 Å². The third-order valence-electron chi connectivity index (χ3n) is 5.48. The molecule has 0 spiro atoms. The van der Waals surface area contributed by atoms with Crippen LogP contribution in [0.15, 0.2) is 30.3 Å². The fourth-order valence-corrected chi connectivity index (χ4v) is 4.00. The molecule has 1 saturated heterocycles. The second-order valence-corrected chi connectivity index (χ2v) is 7.67. The number of phenols is 2. The Morgan fingerprint density at radius 2 is 1.90 bits per heavy atom. The maximum atomic E-state index is 12.7. The predicted molar refractivity (Wildman–Crippen MR) is 102 cm³/mol. The molecule has 2 aliphatic rings. The summed E-state index contributed by atoms with van der Waals surface area (Å²) in [7, 11) is 0. The monoisotopic (exact) mass is 438 g/mol. The number of hydrogen-bond acceptors (Lipinski definition) is 6. The van der Waals surface area contributed by atoms with Crippen molar-refractivity contribution >= 4 is 5.97 Å². The Balaban J connectivity index is 1.62. The number of aromatic hydroxyl groups is 2. The molecule has 2 aromatic rings. The first-order chi connectivity index (χ1) is 14.7. The first-order valence-corrected chi connectivity index (χ1v) is 9.93. The van der Waals surface area contributed by atoms with Crippen molar-refractivity contribution in [2.45, 2.75) is 57.3 Å². The summed E-state index contributed by atoms with van der Waals surface area (Å²) in [6, 6.07) is 5.56. The van der Waals surface area contributed by atoms with Crippen LogP contribution in [-0.2, 0) is 22.3 Å². The largest absolute Gasteiger partial charge is 0.504 e. The SMILES string of the molecule is CCC[C@H]1C[C@H]2OC(=O)c3c(cc(O)c(O)c3OCc3ccc(C(F)(F)F)cc3)[C@H]2O1. The van der Waals surface area contributed by atoms with Gasteiger partial charge >= 0.3 is 12.1 Å². The second-order valence-electron chi connectivity index (χ2n) is 7.67. The van der Waals surface area contributed by atoms with Gasteiger partial charge in [-0.2, -0.15) is 13.2 Å². The highest BCUT2D eigenvalue weighted by molar-refractivity contribution is 5.97. The van der Waals surface area contributed by atoms with E-state index in [1.165, 1.54) is 18.2 Å². The molecule has 0 saturated carbocycles. The van der Waals surface area contributed by atoms with E-state index in [1.54, 1.807) is 0 Å². The van der Waals surface area contributed by atoms with Crippen molar-refractivity contribution in [3.63, 3.8) is 0 Å². The minimum atomic E-state index is -4.46. The quantitative estimate of drug-likeness (QED) is 0.512. The zero-order valence-electron chi connectivity index (χ0n) is 16.6. The number of benzene rings is 2. The highest BCUT2D eigenvalue weighted by Crippen LogP contribution is 2.50. The number of carbonyl (C=O) groups excluding carboxylic acids is 1. The fourth-order valence-electron chi connectivity index (χ4n) is 4.00. The molecule has 0 aliphatic carbocycles. The number of halogens is 3. The van der Waals surface area contributed by atoms with Gasteiger partial charge < -0.3 is 24.4 Å². The molecule has 6 nitrogen and oxygen atoms in total. The molecule has 2 aliphatic heterocycles. The van der Waals surface area contributed by atoms with Crippen molar-refractivity contribution in [1.82, 2.24) is 0 Å². The number of fused-ring (bicyclic) bond motifs is 3. The minimum Gasteiger partial charge on any atom is -0.504 e. The average molecular weight is 438 g/mol. The van der Waals surface area contributed by atoms with Crippen LogP contribution in [0.25, 0.3) is 0 Å². The van der Waals surface area contributed by atoms with Crippen molar-refractivity contribution in [1.29, 1.82) is 0 Å². The molecule has 2 N–H and O–H groups in total. The van der Waals surface area contributed by atoms with Crippen LogP contribution in [0.4, 0.5) is 13.2 Å². The first kappa shape index (κ1) is 21.3. The summed E-state index contributed by atoms with van der Waals surface area (Å²) in [6.07, 6.45) is -3.42. The molecule has 0 aromatic heterocycles. The number of alkyl halides is 3. The molecule has 4 rings (SSSR count). The predicted octanol–water partition coefficient (Wildman–Crippen LogP) is 4.86. The van der Waals surface area contributed by atoms with Gasteiger partial charge in [0.05, 0.1) is 11.7 Å². The maximum absolute atomic E-state index is 12.7. The Morgan fingerprint density at radius 3 is 2.55 bits per heavy atom. The molecule has 3 atom stereocenters. The maximum Gasteiger partial charge on any atom is 0.416 e. The number of carbonyl (C=O) groups is 1. The van der Waals surface area contributed by atoms with Crippen molar-refractivity contribution in [2.75, 3.05) is 0 Å². The Labute approximate surface area is 176 Å². The Kier molecular flexibility index (Phi) is 5.47. The fraction of sp³-hybridized carbons (Fsp3) is 0.409. The van der Waals surface area contributed by atoms with E-state index in [4.69, 9.17) is 14.2 Å². The van der Waals surface area contributed by atoms with E-state index in [1.807, 2.05) is 6.92 Å². The molecule has 2 heterocycles. The molecular weight excluding hydrogens is 417 g/mol. The van der Waals surface area contributed by atoms with Crippen molar-refractivity contribution < 1.29 is 42.4 Å². The summed E-state index contributed by atoms with van der Waals surface area (Å²) < 4.78 is 55.3. The third-order valence-corrected chi connectivity index (χ3v) is 5.48. The molecule has 166 valence electrons. The van der Waals surface area contributed by atoms with Gasteiger partial charge in [-0.1, -0.05) is 25.5 Å². The zero-order chi connectivity index (χ0) is 22.3. The van der Waals surface area contributed by atoms with Gasteiger partial charge in [0.1, 0.15) is 24.4 Å². The number of hydrogen-bond donors (Lipinski definition) is 2. The number of rotatable bonds is 5. The van der Waals surface area contributed by atoms with E-state index in [0.717, 1.165) is 25.0 Å². The molecule has 2 aromatic carbocycles. The van der Waals surface area contributed by atoms with E-state index in [9.17, 15) is 28.2 Å². The van der Waals surface area contributed by atoms with Gasteiger partial charge in [-0.3, -0.25) is 0 Å². The molecule has 1 fully saturated rings. The van der Waals surface area contributed by atoms with Gasteiger partial charge in [0.2, 0.25) is 5.75 Å². The molecule has 0 amide bonds. The van der Waals surface area contributed by atoms with E-state index in [2.05, 4.69) is 0 Å². The lowest BCUT2D eigenvalue weighted by Gasteiger charge is -2.28. The molecule has 0 bridgehead atoms. The van der Waals surface area contributed by atoms with E-state index in [-0.39, 0.29) is 24.0 Å². The van der Waals surface area contributed by atoms with Crippen molar-refractivity contribution in [3.8, 4) is 17.2 Å². The van der Waals surface area contributed by atoms with Crippen LogP contribution in [0.3, 0.4) is 0 Å². The third kappa shape index (κ3) is 4.01. The normalized spacial score (nSPS) is 22.6. The van der Waals surface area contributed by atoms with Crippen LogP contribution in [0.2, 0.25) is 0 Å². The molecule has 9 heteroatoms. The summed E-state index contributed by atoms with van der Waals surface area (Å²) in [4.78, 5) is 12.7. The molecular formula is C22H21F3O6. The van der Waals surface area contributed by atoms with Crippen LogP contribution < -0.4 is 4.74 Å². The van der Waals surface area contributed by atoms with Crippen molar-refractivity contribution in [3.05, 3.63) is 52.6 Å². The van der Waals surface area contributed by atoms with Gasteiger partial charge in [0.25, 0.3) is 0 Å². The van der Waals surface area contributed by atoms with Gasteiger partial charge in [-0.15, -0.1) is 0 Å². The first-order valence-electron chi connectivity index (χ1n) is 9.93. The molecule has 0 radical (unpaired) electrons. The number of phenolic OH excluding ortho intramolecular Hbond substituents is 2. The van der Waals surface area contributed by atoms with Crippen LogP contribution in [0.5, 0.6) is 17.2 Å². The average Bonchev–Trinajstić information content (AvgIpc) is 3.11. The second kappa shape index (κ2) is 7.96. The summed E-state index contributed by atoms with van der Waals surface area (Å²) in [5, 5.41) is 20.5. The lowest BCUT2D eigenvalue weighted by Crippen LogP contribution is -2.29. The van der Waals surface area contributed by atoms with E-state index < -0.39 is 41.4 Å². The Morgan fingerprint density at radius 1 is 1.19 bits per heavy atom. The van der Waals surface area contributed by atoms with Crippen LogP contribution in [-0.4, -0.2) is 28.4 Å². The standard InChI is InChI=1S/C22H21F3O6/c1-2-3-13-8-16-19(30-13)14-9-15(26)18(27)20(17(14)21(28)31-16)29-10-11-4-6-12(7-5-11)22(23,24)25/h4-7,9,13,16,19,26-27H,2-3,8,10H2,1H3/t13-,16+,19+/m0/s1. The van der Waals surface area contributed by atoms with Crippen molar-refractivity contribution in [2.24, 2.45) is 0 Å². The van der Waals surface area contributed by atoms with Gasteiger partial charge in [-0.25, -0.2) is 4.79 Å². The summed E-state index contributed by atoms with van der Waals surface area (Å²) in [5.74, 6) is -2.14. The van der Waals surface area contributed by atoms with Crippen LogP contribution in [0.1, 0.15) is 59.3 Å².